The van der Waals surface area contributed by atoms with Gasteiger partial charge in [0, 0.05) is 17.3 Å². The molecule has 0 radical (unpaired) electrons. The van der Waals surface area contributed by atoms with E-state index in [1.165, 1.54) is 43.2 Å². The van der Waals surface area contributed by atoms with E-state index in [1.54, 1.807) is 0 Å². The Morgan fingerprint density at radius 1 is 0.938 bits per heavy atom. The number of nitrogens with zero attached hydrogens (tertiary/aromatic N) is 1. The van der Waals surface area contributed by atoms with Gasteiger partial charge in [0.2, 0.25) is 0 Å². The fourth-order valence-corrected chi connectivity index (χ4v) is 9.45. The van der Waals surface area contributed by atoms with Crippen molar-refractivity contribution in [2.24, 2.45) is 0 Å². The molecule has 3 heterocycles. The first-order valence-corrected chi connectivity index (χ1v) is 18.1. The Morgan fingerprint density at radius 3 is 2.34 bits per heavy atom. The molecule has 4 heteroatoms. The van der Waals surface area contributed by atoms with E-state index >= 15 is 0 Å². The minimum atomic E-state index is -1.93. The molecule has 0 atom stereocenters. The van der Waals surface area contributed by atoms with Gasteiger partial charge < -0.3 is 4.42 Å². The molecule has 0 fully saturated rings. The highest BCUT2D eigenvalue weighted by Gasteiger charge is 2.44. The zero-order chi connectivity index (χ0) is 23.1. The molecular weight excluding hydrogens is 422 g/mol. The van der Waals surface area contributed by atoms with Gasteiger partial charge in [0.1, 0.15) is 21.9 Å². The van der Waals surface area contributed by atoms with E-state index in [0.717, 1.165) is 11.5 Å². The molecule has 2 aromatic heterocycles. The van der Waals surface area contributed by atoms with E-state index in [9.17, 15) is 0 Å². The molecule has 0 N–H and O–H groups in total. The van der Waals surface area contributed by atoms with Gasteiger partial charge >= 0.3 is 0 Å². The number of pyridine rings is 1. The van der Waals surface area contributed by atoms with Gasteiger partial charge in [0.05, 0.1) is 11.1 Å². The van der Waals surface area contributed by atoms with Gasteiger partial charge in [-0.2, -0.15) is 0 Å². The third-order valence-electron chi connectivity index (χ3n) is 6.91. The summed E-state index contributed by atoms with van der Waals surface area (Å²) in [6.45, 7) is 18.9. The summed E-state index contributed by atoms with van der Waals surface area (Å²) in [6.07, 6.45) is 1.97. The normalized spacial score (nSPS) is 15.1. The van der Waals surface area contributed by atoms with Crippen molar-refractivity contribution in [2.45, 2.75) is 58.9 Å². The molecule has 0 saturated carbocycles. The zero-order valence-corrected chi connectivity index (χ0v) is 22.6. The summed E-state index contributed by atoms with van der Waals surface area (Å²) >= 11 is 0. The summed E-state index contributed by atoms with van der Waals surface area (Å²) in [5.41, 5.74) is 5.05. The first-order chi connectivity index (χ1) is 14.9. The molecule has 4 aromatic rings. The van der Waals surface area contributed by atoms with E-state index in [0.29, 0.717) is 0 Å². The van der Waals surface area contributed by atoms with Crippen molar-refractivity contribution >= 4 is 42.7 Å². The minimum Gasteiger partial charge on any atom is -0.466 e. The Morgan fingerprint density at radius 2 is 1.66 bits per heavy atom. The number of aromatic nitrogens is 1. The molecule has 0 spiro atoms. The number of hydrogen-bond donors (Lipinski definition) is 0. The molecule has 1 aliphatic heterocycles. The average Bonchev–Trinajstić information content (AvgIpc) is 3.25. The molecule has 0 saturated heterocycles. The number of hydrogen-bond acceptors (Lipinski definition) is 2. The molecule has 32 heavy (non-hydrogen) atoms. The second-order valence-electron chi connectivity index (χ2n) is 11.8. The van der Waals surface area contributed by atoms with Crippen LogP contribution in [0.4, 0.5) is 0 Å². The highest BCUT2D eigenvalue weighted by atomic mass is 28.3. The molecule has 5 rings (SSSR count). The standard InChI is InChI=1S/C28H33NOSi2/c1-28(2,3)22-16-19(15-18-11-9-10-12-20(18)22)25-27-21(13-14-29-25)26-23(32(27,7)8)17-24(30-26)31(4,5)6/h9-17H,1-8H3. The van der Waals surface area contributed by atoms with Crippen LogP contribution >= 0.6 is 0 Å². The Bertz CT molecular complexity index is 1370. The van der Waals surface area contributed by atoms with Crippen molar-refractivity contribution in [1.82, 2.24) is 4.98 Å². The summed E-state index contributed by atoms with van der Waals surface area (Å²) in [6, 6.07) is 18.0. The lowest BCUT2D eigenvalue weighted by Crippen LogP contribution is -2.51. The van der Waals surface area contributed by atoms with Gasteiger partial charge in [-0.15, -0.1) is 0 Å². The number of benzene rings is 2. The van der Waals surface area contributed by atoms with Crippen LogP contribution in [0.5, 0.6) is 0 Å². The van der Waals surface area contributed by atoms with Gasteiger partial charge in [0.25, 0.3) is 0 Å². The monoisotopic (exact) mass is 455 g/mol. The van der Waals surface area contributed by atoms with E-state index < -0.39 is 16.1 Å². The SMILES string of the molecule is CC(C)(C)c1cc(-c2nccc3c2[Si](C)(C)c2cc([Si](C)(C)C)oc2-3)cc2ccccc12. The average molecular weight is 456 g/mol. The maximum absolute atomic E-state index is 6.56. The summed E-state index contributed by atoms with van der Waals surface area (Å²) in [4.78, 5) is 4.98. The van der Waals surface area contributed by atoms with Gasteiger partial charge in [0.15, 0.2) is 0 Å². The minimum absolute atomic E-state index is 0.0542. The topological polar surface area (TPSA) is 26.0 Å². The Balaban J connectivity index is 1.78. The lowest BCUT2D eigenvalue weighted by atomic mass is 9.82. The summed E-state index contributed by atoms with van der Waals surface area (Å²) in [5, 5.41) is 6.69. The van der Waals surface area contributed by atoms with Crippen molar-refractivity contribution in [3.05, 3.63) is 60.3 Å². The first kappa shape index (κ1) is 21.4. The molecule has 0 aliphatic carbocycles. The lowest BCUT2D eigenvalue weighted by Gasteiger charge is -2.25. The van der Waals surface area contributed by atoms with E-state index in [1.807, 2.05) is 6.20 Å². The third kappa shape index (κ3) is 3.15. The first-order valence-electron chi connectivity index (χ1n) is 11.6. The number of rotatable bonds is 2. The van der Waals surface area contributed by atoms with E-state index in [4.69, 9.17) is 9.40 Å². The zero-order valence-electron chi connectivity index (χ0n) is 20.6. The lowest BCUT2D eigenvalue weighted by molar-refractivity contribution is 0.596. The fourth-order valence-electron chi connectivity index (χ4n) is 5.13. The van der Waals surface area contributed by atoms with Crippen LogP contribution in [0.15, 0.2) is 59.1 Å². The molecule has 164 valence electrons. The van der Waals surface area contributed by atoms with Gasteiger partial charge in [-0.1, -0.05) is 77.8 Å². The summed E-state index contributed by atoms with van der Waals surface area (Å²) in [5.74, 6) is 1.11. The number of fused-ring (bicyclic) bond motifs is 4. The molecule has 1 aliphatic rings. The van der Waals surface area contributed by atoms with Crippen LogP contribution in [0.3, 0.4) is 0 Å². The predicted octanol–water partition coefficient (Wildman–Crippen LogP) is 6.14. The third-order valence-corrected chi connectivity index (χ3v) is 12.1. The maximum atomic E-state index is 6.56. The quantitative estimate of drug-likeness (QED) is 0.339. The van der Waals surface area contributed by atoms with E-state index in [-0.39, 0.29) is 5.41 Å². The molecule has 2 nitrogen and oxygen atoms in total. The molecular formula is C28H33NOSi2. The van der Waals surface area contributed by atoms with Gasteiger partial charge in [-0.25, -0.2) is 0 Å². The highest BCUT2D eigenvalue weighted by Crippen LogP contribution is 2.37. The largest absolute Gasteiger partial charge is 0.466 e. The molecule has 0 bridgehead atoms. The van der Waals surface area contributed by atoms with Crippen molar-refractivity contribution in [3.8, 4) is 22.6 Å². The van der Waals surface area contributed by atoms with Crippen LogP contribution < -0.4 is 15.8 Å². The van der Waals surface area contributed by atoms with E-state index in [2.05, 4.69) is 102 Å². The maximum Gasteiger partial charge on any atom is 0.133 e. The summed E-state index contributed by atoms with van der Waals surface area (Å²) in [7, 11) is -3.44. The van der Waals surface area contributed by atoms with Crippen LogP contribution in [0.25, 0.3) is 33.4 Å². The second kappa shape index (κ2) is 6.78. The fraction of sp³-hybridized carbons (Fsp3) is 0.321. The van der Waals surface area contributed by atoms with Crippen molar-refractivity contribution in [1.29, 1.82) is 0 Å². The second-order valence-corrected chi connectivity index (χ2v) is 21.1. The van der Waals surface area contributed by atoms with Crippen LogP contribution in [0.1, 0.15) is 26.3 Å². The summed E-state index contributed by atoms with van der Waals surface area (Å²) < 4.78 is 6.56. The van der Waals surface area contributed by atoms with Crippen molar-refractivity contribution in [3.63, 3.8) is 0 Å². The Kier molecular flexibility index (Phi) is 4.54. The number of furan rings is 1. The molecule has 0 unspecified atom stereocenters. The highest BCUT2D eigenvalue weighted by molar-refractivity contribution is 7.04. The van der Waals surface area contributed by atoms with Crippen LogP contribution in [0, 0.1) is 0 Å². The van der Waals surface area contributed by atoms with Crippen molar-refractivity contribution in [2.75, 3.05) is 0 Å². The molecule has 2 aromatic carbocycles. The molecule has 0 amide bonds. The smallest absolute Gasteiger partial charge is 0.133 e. The van der Waals surface area contributed by atoms with Crippen LogP contribution in [-0.2, 0) is 5.41 Å². The van der Waals surface area contributed by atoms with Crippen molar-refractivity contribution < 1.29 is 4.42 Å². The Hall–Kier alpha value is -2.44. The van der Waals surface area contributed by atoms with Gasteiger partial charge in [-0.3, -0.25) is 4.98 Å². The van der Waals surface area contributed by atoms with Gasteiger partial charge in [-0.05, 0) is 56.4 Å². The van der Waals surface area contributed by atoms with Crippen LogP contribution in [0.2, 0.25) is 32.7 Å². The Labute approximate surface area is 193 Å². The predicted molar refractivity (Wildman–Crippen MR) is 143 cm³/mol. The van der Waals surface area contributed by atoms with Crippen LogP contribution in [-0.4, -0.2) is 21.1 Å².